The number of rotatable bonds is 4. The molecule has 2 atom stereocenters. The summed E-state index contributed by atoms with van der Waals surface area (Å²) in [7, 11) is 0. The Morgan fingerprint density at radius 2 is 1.94 bits per heavy atom. The highest BCUT2D eigenvalue weighted by atomic mass is 19.1. The van der Waals surface area contributed by atoms with E-state index >= 15 is 0 Å². The maximum absolute atomic E-state index is 13.1. The van der Waals surface area contributed by atoms with Crippen LogP contribution in [-0.2, 0) is 0 Å². The lowest BCUT2D eigenvalue weighted by atomic mass is 10.1. The molecule has 2 rings (SSSR count). The molecule has 2 nitrogen and oxygen atoms in total. The summed E-state index contributed by atoms with van der Waals surface area (Å²) in [5, 5.41) is 3.37. The second-order valence-electron chi connectivity index (χ2n) is 4.18. The highest BCUT2D eigenvalue weighted by Gasteiger charge is 2.13. The molecule has 90 valence electrons. The van der Waals surface area contributed by atoms with Crippen molar-refractivity contribution in [3.05, 3.63) is 59.8 Å². The van der Waals surface area contributed by atoms with E-state index in [0.717, 1.165) is 11.3 Å². The van der Waals surface area contributed by atoms with Crippen LogP contribution in [0.1, 0.15) is 37.3 Å². The van der Waals surface area contributed by atoms with Gasteiger partial charge in [-0.3, -0.25) is 0 Å². The summed E-state index contributed by atoms with van der Waals surface area (Å²) in [6.07, 6.45) is 1.65. The third-order valence-electron chi connectivity index (χ3n) is 2.82. The van der Waals surface area contributed by atoms with Crippen molar-refractivity contribution in [1.29, 1.82) is 0 Å². The van der Waals surface area contributed by atoms with Crippen LogP contribution in [-0.4, -0.2) is 0 Å². The Labute approximate surface area is 100 Å². The zero-order valence-electron chi connectivity index (χ0n) is 9.98. The first-order valence-electron chi connectivity index (χ1n) is 5.71. The maximum atomic E-state index is 13.1. The smallest absolute Gasteiger partial charge is 0.123 e. The molecule has 0 aliphatic carbocycles. The fraction of sp³-hybridized carbons (Fsp3) is 0.286. The van der Waals surface area contributed by atoms with Crippen molar-refractivity contribution in [2.75, 3.05) is 0 Å². The van der Waals surface area contributed by atoms with Crippen LogP contribution in [0.2, 0.25) is 0 Å². The van der Waals surface area contributed by atoms with Crippen molar-refractivity contribution in [3.8, 4) is 0 Å². The van der Waals surface area contributed by atoms with Gasteiger partial charge in [-0.25, -0.2) is 4.39 Å². The molecule has 0 aliphatic rings. The van der Waals surface area contributed by atoms with Gasteiger partial charge < -0.3 is 9.73 Å². The molecule has 1 aromatic carbocycles. The van der Waals surface area contributed by atoms with E-state index in [1.807, 2.05) is 32.0 Å². The molecular formula is C14H16FNO. The summed E-state index contributed by atoms with van der Waals surface area (Å²) in [5.74, 6) is 0.676. The van der Waals surface area contributed by atoms with E-state index in [2.05, 4.69) is 5.32 Å². The Bertz CT molecular complexity index is 467. The summed E-state index contributed by atoms with van der Waals surface area (Å²) in [6.45, 7) is 4.03. The van der Waals surface area contributed by atoms with Crippen LogP contribution in [0, 0.1) is 5.82 Å². The summed E-state index contributed by atoms with van der Waals surface area (Å²) in [6, 6.07) is 10.6. The molecule has 0 spiro atoms. The number of furan rings is 1. The topological polar surface area (TPSA) is 25.2 Å². The van der Waals surface area contributed by atoms with Gasteiger partial charge >= 0.3 is 0 Å². The van der Waals surface area contributed by atoms with Crippen LogP contribution in [0.3, 0.4) is 0 Å². The van der Waals surface area contributed by atoms with Gasteiger partial charge in [0.15, 0.2) is 0 Å². The number of hydrogen-bond donors (Lipinski definition) is 1. The van der Waals surface area contributed by atoms with Crippen LogP contribution < -0.4 is 5.32 Å². The van der Waals surface area contributed by atoms with Gasteiger partial charge in [0.1, 0.15) is 11.6 Å². The van der Waals surface area contributed by atoms with Gasteiger partial charge in [0.25, 0.3) is 0 Å². The number of benzene rings is 1. The first-order chi connectivity index (χ1) is 8.16. The van der Waals surface area contributed by atoms with Gasteiger partial charge in [-0.2, -0.15) is 0 Å². The fourth-order valence-corrected chi connectivity index (χ4v) is 1.87. The average Bonchev–Trinajstić information content (AvgIpc) is 2.82. The van der Waals surface area contributed by atoms with Crippen molar-refractivity contribution in [2.45, 2.75) is 25.9 Å². The molecule has 1 aromatic heterocycles. The molecule has 1 N–H and O–H groups in total. The molecule has 1 heterocycles. The lowest BCUT2D eigenvalue weighted by Crippen LogP contribution is -2.22. The molecule has 2 aromatic rings. The zero-order valence-corrected chi connectivity index (χ0v) is 9.98. The van der Waals surface area contributed by atoms with E-state index in [9.17, 15) is 4.39 Å². The molecule has 0 radical (unpaired) electrons. The quantitative estimate of drug-likeness (QED) is 0.868. The Morgan fingerprint density at radius 3 is 2.59 bits per heavy atom. The average molecular weight is 233 g/mol. The Hall–Kier alpha value is -1.61. The molecule has 0 saturated heterocycles. The second kappa shape index (κ2) is 5.15. The Balaban J connectivity index is 2.04. The van der Waals surface area contributed by atoms with Crippen molar-refractivity contribution < 1.29 is 8.81 Å². The van der Waals surface area contributed by atoms with E-state index in [1.54, 1.807) is 18.4 Å². The standard InChI is InChI=1S/C14H16FNO/c1-10(12-5-3-6-13(15)9-12)16-11(2)14-7-4-8-17-14/h3-11,16H,1-2H3/t10-,11?/m0/s1. The van der Waals surface area contributed by atoms with Crippen LogP contribution in [0.5, 0.6) is 0 Å². The van der Waals surface area contributed by atoms with Crippen molar-refractivity contribution in [2.24, 2.45) is 0 Å². The lowest BCUT2D eigenvalue weighted by Gasteiger charge is -2.18. The first kappa shape index (κ1) is 11.9. The largest absolute Gasteiger partial charge is 0.468 e. The lowest BCUT2D eigenvalue weighted by molar-refractivity contribution is 0.402. The molecule has 17 heavy (non-hydrogen) atoms. The van der Waals surface area contributed by atoms with Crippen LogP contribution in [0.4, 0.5) is 4.39 Å². The first-order valence-corrected chi connectivity index (χ1v) is 5.71. The van der Waals surface area contributed by atoms with Crippen molar-refractivity contribution in [3.63, 3.8) is 0 Å². The summed E-state index contributed by atoms with van der Waals surface area (Å²) in [5.41, 5.74) is 0.934. The number of nitrogens with one attached hydrogen (secondary N) is 1. The highest BCUT2D eigenvalue weighted by Crippen LogP contribution is 2.19. The minimum atomic E-state index is -0.207. The Morgan fingerprint density at radius 1 is 1.12 bits per heavy atom. The maximum Gasteiger partial charge on any atom is 0.123 e. The fourth-order valence-electron chi connectivity index (χ4n) is 1.87. The number of halogens is 1. The molecule has 0 aliphatic heterocycles. The molecule has 0 amide bonds. The minimum absolute atomic E-state index is 0.0748. The molecule has 0 fully saturated rings. The molecule has 1 unspecified atom stereocenters. The van der Waals surface area contributed by atoms with Gasteiger partial charge in [-0.05, 0) is 43.7 Å². The van der Waals surface area contributed by atoms with E-state index in [1.165, 1.54) is 6.07 Å². The highest BCUT2D eigenvalue weighted by molar-refractivity contribution is 5.20. The SMILES string of the molecule is CC(N[C@@H](C)c1cccc(F)c1)c1ccco1. The monoisotopic (exact) mass is 233 g/mol. The molecule has 3 heteroatoms. The summed E-state index contributed by atoms with van der Waals surface area (Å²) < 4.78 is 18.4. The molecule has 0 saturated carbocycles. The predicted molar refractivity (Wildman–Crippen MR) is 65.1 cm³/mol. The van der Waals surface area contributed by atoms with Gasteiger partial charge in [0, 0.05) is 6.04 Å². The zero-order chi connectivity index (χ0) is 12.3. The molecular weight excluding hydrogens is 217 g/mol. The van der Waals surface area contributed by atoms with Gasteiger partial charge in [0.05, 0.1) is 12.3 Å². The second-order valence-corrected chi connectivity index (χ2v) is 4.18. The number of hydrogen-bond acceptors (Lipinski definition) is 2. The third-order valence-corrected chi connectivity index (χ3v) is 2.82. The normalized spacial score (nSPS) is 14.5. The van der Waals surface area contributed by atoms with E-state index < -0.39 is 0 Å². The Kier molecular flexibility index (Phi) is 3.59. The van der Waals surface area contributed by atoms with Crippen LogP contribution >= 0.6 is 0 Å². The minimum Gasteiger partial charge on any atom is -0.468 e. The van der Waals surface area contributed by atoms with Gasteiger partial charge in [0.2, 0.25) is 0 Å². The van der Waals surface area contributed by atoms with Crippen LogP contribution in [0.25, 0.3) is 0 Å². The molecule has 0 bridgehead atoms. The van der Waals surface area contributed by atoms with Crippen molar-refractivity contribution >= 4 is 0 Å². The van der Waals surface area contributed by atoms with Gasteiger partial charge in [-0.1, -0.05) is 12.1 Å². The third kappa shape index (κ3) is 2.94. The van der Waals surface area contributed by atoms with Crippen molar-refractivity contribution in [1.82, 2.24) is 5.32 Å². The summed E-state index contributed by atoms with van der Waals surface area (Å²) in [4.78, 5) is 0. The van der Waals surface area contributed by atoms with E-state index in [-0.39, 0.29) is 17.9 Å². The summed E-state index contributed by atoms with van der Waals surface area (Å²) >= 11 is 0. The van der Waals surface area contributed by atoms with E-state index in [0.29, 0.717) is 0 Å². The van der Waals surface area contributed by atoms with Gasteiger partial charge in [-0.15, -0.1) is 0 Å². The predicted octanol–water partition coefficient (Wildman–Crippen LogP) is 3.83. The van der Waals surface area contributed by atoms with Crippen LogP contribution in [0.15, 0.2) is 47.1 Å². The van der Waals surface area contributed by atoms with E-state index in [4.69, 9.17) is 4.42 Å².